The Balaban J connectivity index is 2.33. The maximum atomic E-state index is 12.9. The fraction of sp³-hybridized carbons (Fsp3) is 0.522. The van der Waals surface area contributed by atoms with E-state index in [-0.39, 0.29) is 17.7 Å². The molecule has 0 radical (unpaired) electrons. The van der Waals surface area contributed by atoms with Gasteiger partial charge in [0.25, 0.3) is 5.91 Å². The summed E-state index contributed by atoms with van der Waals surface area (Å²) in [5.41, 5.74) is -0.227. The van der Waals surface area contributed by atoms with Crippen molar-refractivity contribution < 1.29 is 43.3 Å². The maximum absolute atomic E-state index is 12.9. The van der Waals surface area contributed by atoms with E-state index in [4.69, 9.17) is 14.2 Å². The summed E-state index contributed by atoms with van der Waals surface area (Å²) in [6, 6.07) is 2.67. The smallest absolute Gasteiger partial charge is 0.332 e. The molecule has 2 amide bonds. The Labute approximate surface area is 197 Å². The minimum Gasteiger partial charge on any atom is -0.505 e. The first-order valence-electron chi connectivity index (χ1n) is 11.0. The number of hydrogen-bond donors (Lipinski definition) is 3. The number of amides is 2. The summed E-state index contributed by atoms with van der Waals surface area (Å²) >= 11 is 0. The van der Waals surface area contributed by atoms with Crippen molar-refractivity contribution in [3.8, 4) is 5.75 Å². The maximum Gasteiger partial charge on any atom is 0.332 e. The first-order chi connectivity index (χ1) is 16.0. The number of esters is 3. The van der Waals surface area contributed by atoms with Crippen LogP contribution in [0.3, 0.4) is 0 Å². The molecule has 11 nitrogen and oxygen atoms in total. The van der Waals surface area contributed by atoms with Gasteiger partial charge in [-0.1, -0.05) is 26.8 Å². The van der Waals surface area contributed by atoms with Gasteiger partial charge in [-0.3, -0.25) is 19.2 Å². The van der Waals surface area contributed by atoms with Crippen LogP contribution in [0, 0.1) is 11.8 Å². The number of hydrogen-bond acceptors (Lipinski definition) is 9. The van der Waals surface area contributed by atoms with Crippen LogP contribution < -0.4 is 10.6 Å². The number of benzene rings is 1. The van der Waals surface area contributed by atoms with Crippen molar-refractivity contribution in [3.05, 3.63) is 23.8 Å². The van der Waals surface area contributed by atoms with Gasteiger partial charge < -0.3 is 30.0 Å². The second-order valence-corrected chi connectivity index (χ2v) is 8.27. The summed E-state index contributed by atoms with van der Waals surface area (Å²) in [4.78, 5) is 61.5. The SMILES string of the molecule is CCC1C(=O)OC(C)C(NC(=O)c2cccc(NC=O)c2O)C(=O)OC(C)C1OC(=O)C(C)C. The van der Waals surface area contributed by atoms with Crippen LogP contribution >= 0.6 is 0 Å². The molecule has 1 saturated heterocycles. The standard InChI is InChI=1S/C23H30N2O9/c1-6-14-19(34-21(29)11(2)3)13(5)33-23(31)17(12(4)32-22(14)30)25-20(28)15-8-7-9-16(18(15)27)24-10-26/h7-14,17,19,27H,6H2,1-5H3,(H,24,26)(H,25,28). The molecule has 1 heterocycles. The predicted molar refractivity (Wildman–Crippen MR) is 119 cm³/mol. The van der Waals surface area contributed by atoms with Crippen LogP contribution in [0.5, 0.6) is 5.75 Å². The van der Waals surface area contributed by atoms with Gasteiger partial charge in [-0.05, 0) is 32.4 Å². The van der Waals surface area contributed by atoms with Gasteiger partial charge >= 0.3 is 17.9 Å². The van der Waals surface area contributed by atoms with Crippen molar-refractivity contribution >= 4 is 35.9 Å². The Morgan fingerprint density at radius 2 is 1.79 bits per heavy atom. The molecule has 0 saturated carbocycles. The fourth-order valence-corrected chi connectivity index (χ4v) is 3.46. The second kappa shape index (κ2) is 11.5. The van der Waals surface area contributed by atoms with Crippen LogP contribution in [0.25, 0.3) is 0 Å². The van der Waals surface area contributed by atoms with Crippen LogP contribution in [0.1, 0.15) is 51.4 Å². The zero-order valence-electron chi connectivity index (χ0n) is 19.7. The van der Waals surface area contributed by atoms with Crippen LogP contribution in [0.2, 0.25) is 0 Å². The van der Waals surface area contributed by atoms with E-state index in [2.05, 4.69) is 10.6 Å². The highest BCUT2D eigenvalue weighted by Crippen LogP contribution is 2.28. The summed E-state index contributed by atoms with van der Waals surface area (Å²) in [7, 11) is 0. The average molecular weight is 478 g/mol. The minimum absolute atomic E-state index is 0.00612. The van der Waals surface area contributed by atoms with Gasteiger partial charge in [0, 0.05) is 0 Å². The molecule has 186 valence electrons. The van der Waals surface area contributed by atoms with Gasteiger partial charge in [-0.25, -0.2) is 4.79 Å². The molecule has 1 aromatic carbocycles. The molecule has 2 rings (SSSR count). The van der Waals surface area contributed by atoms with E-state index in [0.717, 1.165) is 0 Å². The van der Waals surface area contributed by atoms with E-state index < -0.39 is 65.8 Å². The Kier molecular flexibility index (Phi) is 8.99. The molecule has 0 aromatic heterocycles. The third kappa shape index (κ3) is 6.03. The molecule has 1 aliphatic rings. The summed E-state index contributed by atoms with van der Waals surface area (Å²) in [5.74, 6) is -4.90. The van der Waals surface area contributed by atoms with Gasteiger partial charge in [0.1, 0.15) is 12.2 Å². The third-order valence-electron chi connectivity index (χ3n) is 5.43. The lowest BCUT2D eigenvalue weighted by Gasteiger charge is -2.29. The Bertz CT molecular complexity index is 946. The summed E-state index contributed by atoms with van der Waals surface area (Å²) in [6.07, 6.45) is -2.63. The quantitative estimate of drug-likeness (QED) is 0.229. The molecule has 34 heavy (non-hydrogen) atoms. The van der Waals surface area contributed by atoms with Crippen molar-refractivity contribution in [1.82, 2.24) is 5.32 Å². The summed E-state index contributed by atoms with van der Waals surface area (Å²) < 4.78 is 16.4. The summed E-state index contributed by atoms with van der Waals surface area (Å²) in [5, 5.41) is 14.9. The van der Waals surface area contributed by atoms with Gasteiger partial charge in [0.2, 0.25) is 6.41 Å². The van der Waals surface area contributed by atoms with Gasteiger partial charge in [-0.15, -0.1) is 0 Å². The molecule has 0 spiro atoms. The van der Waals surface area contributed by atoms with E-state index in [9.17, 15) is 29.1 Å². The number of carbonyl (C=O) groups excluding carboxylic acids is 5. The van der Waals surface area contributed by atoms with Gasteiger partial charge in [0.05, 0.1) is 23.1 Å². The van der Waals surface area contributed by atoms with Crippen molar-refractivity contribution in [2.24, 2.45) is 11.8 Å². The zero-order valence-corrected chi connectivity index (χ0v) is 19.7. The average Bonchev–Trinajstić information content (AvgIpc) is 2.80. The number of para-hydroxylation sites is 1. The molecule has 3 N–H and O–H groups in total. The highest BCUT2D eigenvalue weighted by atomic mass is 16.6. The number of rotatable bonds is 7. The minimum atomic E-state index is -1.42. The molecule has 0 aliphatic carbocycles. The molecule has 1 fully saturated rings. The van der Waals surface area contributed by atoms with Crippen LogP contribution in [0.15, 0.2) is 18.2 Å². The van der Waals surface area contributed by atoms with Crippen molar-refractivity contribution in [2.75, 3.05) is 5.32 Å². The molecular weight excluding hydrogens is 448 g/mol. The lowest BCUT2D eigenvalue weighted by Crippen LogP contribution is -2.50. The van der Waals surface area contributed by atoms with E-state index in [0.29, 0.717) is 6.41 Å². The van der Waals surface area contributed by atoms with E-state index in [1.807, 2.05) is 0 Å². The second-order valence-electron chi connectivity index (χ2n) is 8.27. The molecule has 1 aromatic rings. The van der Waals surface area contributed by atoms with E-state index in [1.165, 1.54) is 32.0 Å². The molecule has 1 aliphatic heterocycles. The van der Waals surface area contributed by atoms with Crippen LogP contribution in [0.4, 0.5) is 5.69 Å². The molecular formula is C23H30N2O9. The fourth-order valence-electron chi connectivity index (χ4n) is 3.46. The molecule has 0 bridgehead atoms. The first kappa shape index (κ1) is 26.6. The number of anilines is 1. The normalized spacial score (nSPS) is 25.2. The highest BCUT2D eigenvalue weighted by Gasteiger charge is 2.43. The van der Waals surface area contributed by atoms with Crippen LogP contribution in [-0.4, -0.2) is 59.7 Å². The number of phenols is 1. The Hall–Kier alpha value is -3.63. The number of cyclic esters (lactones) is 2. The van der Waals surface area contributed by atoms with Gasteiger partial charge in [-0.2, -0.15) is 0 Å². The molecule has 11 heteroatoms. The molecule has 5 unspecified atom stereocenters. The lowest BCUT2D eigenvalue weighted by atomic mass is 9.95. The van der Waals surface area contributed by atoms with Crippen LogP contribution in [-0.2, 0) is 33.4 Å². The topological polar surface area (TPSA) is 157 Å². The van der Waals surface area contributed by atoms with Crippen molar-refractivity contribution in [1.29, 1.82) is 0 Å². The van der Waals surface area contributed by atoms with Crippen molar-refractivity contribution in [2.45, 2.75) is 65.4 Å². The number of nitrogens with one attached hydrogen (secondary N) is 2. The molecule has 5 atom stereocenters. The number of ether oxygens (including phenoxy) is 3. The van der Waals surface area contributed by atoms with Gasteiger partial charge in [0.15, 0.2) is 17.9 Å². The zero-order chi connectivity index (χ0) is 25.6. The Morgan fingerprint density at radius 3 is 2.38 bits per heavy atom. The van der Waals surface area contributed by atoms with E-state index >= 15 is 0 Å². The Morgan fingerprint density at radius 1 is 1.15 bits per heavy atom. The number of phenolic OH excluding ortho intramolecular Hbond substituents is 1. The summed E-state index contributed by atoms with van der Waals surface area (Å²) in [6.45, 7) is 7.88. The largest absolute Gasteiger partial charge is 0.505 e. The monoisotopic (exact) mass is 478 g/mol. The van der Waals surface area contributed by atoms with Crippen molar-refractivity contribution in [3.63, 3.8) is 0 Å². The highest BCUT2D eigenvalue weighted by molar-refractivity contribution is 6.01. The number of aromatic hydroxyl groups is 1. The predicted octanol–water partition coefficient (Wildman–Crippen LogP) is 1.53. The lowest BCUT2D eigenvalue weighted by molar-refractivity contribution is -0.176. The number of carbonyl (C=O) groups is 5. The third-order valence-corrected chi connectivity index (χ3v) is 5.43. The van der Waals surface area contributed by atoms with E-state index in [1.54, 1.807) is 20.8 Å². The first-order valence-corrected chi connectivity index (χ1v) is 11.0.